The van der Waals surface area contributed by atoms with Crippen molar-refractivity contribution >= 4 is 22.5 Å². The van der Waals surface area contributed by atoms with Crippen molar-refractivity contribution in [3.8, 4) is 11.3 Å². The lowest BCUT2D eigenvalue weighted by Gasteiger charge is -2.07. The molecule has 0 atom stereocenters. The van der Waals surface area contributed by atoms with Crippen molar-refractivity contribution in [3.63, 3.8) is 0 Å². The minimum atomic E-state index is 0.731. The third-order valence-corrected chi connectivity index (χ3v) is 4.72. The largest absolute Gasteiger partial charge is 0.354 e. The normalized spacial score (nSPS) is 11.3. The number of hydrogen-bond donors (Lipinski definition) is 2. The molecule has 0 spiro atoms. The molecule has 0 amide bonds. The van der Waals surface area contributed by atoms with Crippen LogP contribution in [0.4, 0.5) is 0 Å². The lowest BCUT2D eigenvalue weighted by Crippen LogP contribution is -1.99. The second-order valence-corrected chi connectivity index (χ2v) is 6.62. The molecule has 0 fully saturated rings. The van der Waals surface area contributed by atoms with E-state index in [9.17, 15) is 0 Å². The molecule has 3 N–H and O–H groups in total. The number of unbranched alkanes of at least 4 members (excludes halogenated alkanes) is 1. The zero-order valence-electron chi connectivity index (χ0n) is 13.7. The summed E-state index contributed by atoms with van der Waals surface area (Å²) < 4.78 is 0. The molecule has 1 aromatic heterocycles. The number of H-pyrrole nitrogens is 1. The molecule has 0 bridgehead atoms. The standard InChI is InChI=1S/C20H23ClN2/c1-13-6-5-7-15(12-13)20-16(8-3-4-11-22)18-17(21)10-9-14(2)19(18)23-20/h5-7,9-10,12,23H,3-4,8,11,22H2,1-2H3. The summed E-state index contributed by atoms with van der Waals surface area (Å²) in [7, 11) is 0. The molecule has 0 unspecified atom stereocenters. The van der Waals surface area contributed by atoms with E-state index >= 15 is 0 Å². The van der Waals surface area contributed by atoms with Gasteiger partial charge in [0.25, 0.3) is 0 Å². The first-order valence-corrected chi connectivity index (χ1v) is 8.56. The van der Waals surface area contributed by atoms with Crippen molar-refractivity contribution in [2.75, 3.05) is 6.54 Å². The molecule has 23 heavy (non-hydrogen) atoms. The SMILES string of the molecule is Cc1cccc(-c2[nH]c3c(C)ccc(Cl)c3c2CCCCN)c1. The summed E-state index contributed by atoms with van der Waals surface area (Å²) in [4.78, 5) is 3.63. The number of hydrogen-bond acceptors (Lipinski definition) is 1. The number of aromatic nitrogens is 1. The Kier molecular flexibility index (Phi) is 4.74. The molecule has 1 heterocycles. The van der Waals surface area contributed by atoms with Crippen molar-refractivity contribution < 1.29 is 0 Å². The van der Waals surface area contributed by atoms with Gasteiger partial charge in [-0.15, -0.1) is 0 Å². The smallest absolute Gasteiger partial charge is 0.0506 e. The molecule has 3 heteroatoms. The number of nitrogens with one attached hydrogen (secondary N) is 1. The Morgan fingerprint density at radius 2 is 1.91 bits per heavy atom. The van der Waals surface area contributed by atoms with Crippen LogP contribution >= 0.6 is 11.6 Å². The molecular formula is C20H23ClN2. The number of halogens is 1. The molecule has 0 aliphatic heterocycles. The third kappa shape index (κ3) is 3.15. The Morgan fingerprint density at radius 1 is 1.09 bits per heavy atom. The van der Waals surface area contributed by atoms with Gasteiger partial charge >= 0.3 is 0 Å². The summed E-state index contributed by atoms with van der Waals surface area (Å²) in [5.41, 5.74) is 13.0. The average molecular weight is 327 g/mol. The predicted molar refractivity (Wildman–Crippen MR) is 100 cm³/mol. The number of fused-ring (bicyclic) bond motifs is 1. The van der Waals surface area contributed by atoms with Crippen LogP contribution in [0, 0.1) is 13.8 Å². The van der Waals surface area contributed by atoms with E-state index in [-0.39, 0.29) is 0 Å². The van der Waals surface area contributed by atoms with Crippen molar-refractivity contribution in [3.05, 3.63) is 58.1 Å². The summed E-state index contributed by atoms with van der Waals surface area (Å²) in [6.07, 6.45) is 3.10. The van der Waals surface area contributed by atoms with E-state index in [0.717, 1.165) is 36.3 Å². The minimum absolute atomic E-state index is 0.731. The van der Waals surface area contributed by atoms with E-state index in [1.165, 1.54) is 33.3 Å². The number of rotatable bonds is 5. The van der Waals surface area contributed by atoms with E-state index in [0.29, 0.717) is 0 Å². The van der Waals surface area contributed by atoms with Crippen molar-refractivity contribution in [1.82, 2.24) is 4.98 Å². The minimum Gasteiger partial charge on any atom is -0.354 e. The van der Waals surface area contributed by atoms with Gasteiger partial charge in [0.15, 0.2) is 0 Å². The van der Waals surface area contributed by atoms with Crippen LogP contribution in [0.15, 0.2) is 36.4 Å². The molecule has 2 aromatic carbocycles. The summed E-state index contributed by atoms with van der Waals surface area (Å²) in [5.74, 6) is 0. The van der Waals surface area contributed by atoms with E-state index < -0.39 is 0 Å². The Balaban J connectivity index is 2.21. The third-order valence-electron chi connectivity index (χ3n) is 4.40. The van der Waals surface area contributed by atoms with Gasteiger partial charge in [0.1, 0.15) is 0 Å². The average Bonchev–Trinajstić information content (AvgIpc) is 2.92. The zero-order valence-corrected chi connectivity index (χ0v) is 14.5. The molecule has 3 rings (SSSR count). The molecule has 0 aliphatic rings. The quantitative estimate of drug-likeness (QED) is 0.607. The molecule has 0 aliphatic carbocycles. The molecule has 0 saturated heterocycles. The van der Waals surface area contributed by atoms with Crippen molar-refractivity contribution in [2.45, 2.75) is 33.1 Å². The Hall–Kier alpha value is -1.77. The molecule has 3 aromatic rings. The van der Waals surface area contributed by atoms with Crippen LogP contribution < -0.4 is 5.73 Å². The first-order valence-electron chi connectivity index (χ1n) is 8.18. The number of benzene rings is 2. The summed E-state index contributed by atoms with van der Waals surface area (Å²) in [6, 6.07) is 12.7. The van der Waals surface area contributed by atoms with Gasteiger partial charge in [0, 0.05) is 11.1 Å². The fraction of sp³-hybridized carbons (Fsp3) is 0.300. The number of nitrogens with two attached hydrogens (primary N) is 1. The van der Waals surface area contributed by atoms with Crippen LogP contribution in [-0.2, 0) is 6.42 Å². The molecule has 0 saturated carbocycles. The highest BCUT2D eigenvalue weighted by molar-refractivity contribution is 6.36. The summed E-state index contributed by atoms with van der Waals surface area (Å²) in [5, 5.41) is 1.99. The lowest BCUT2D eigenvalue weighted by atomic mass is 9.99. The first-order chi connectivity index (χ1) is 11.1. The van der Waals surface area contributed by atoms with Gasteiger partial charge in [-0.05, 0) is 68.5 Å². The Morgan fingerprint density at radius 3 is 2.65 bits per heavy atom. The maximum absolute atomic E-state index is 6.53. The maximum Gasteiger partial charge on any atom is 0.0506 e. The van der Waals surface area contributed by atoms with Crippen LogP contribution in [0.1, 0.15) is 29.5 Å². The Labute approximate surface area is 142 Å². The van der Waals surface area contributed by atoms with E-state index in [1.807, 2.05) is 6.07 Å². The highest BCUT2D eigenvalue weighted by Crippen LogP contribution is 2.37. The highest BCUT2D eigenvalue weighted by Gasteiger charge is 2.16. The van der Waals surface area contributed by atoms with Crippen LogP contribution in [0.2, 0.25) is 5.02 Å². The second kappa shape index (κ2) is 6.77. The fourth-order valence-corrected chi connectivity index (χ4v) is 3.48. The highest BCUT2D eigenvalue weighted by atomic mass is 35.5. The van der Waals surface area contributed by atoms with Gasteiger partial charge in [0.2, 0.25) is 0 Å². The predicted octanol–water partition coefficient (Wildman–Crippen LogP) is 5.39. The molecular weight excluding hydrogens is 304 g/mol. The Bertz CT molecular complexity index is 833. The zero-order chi connectivity index (χ0) is 16.4. The van der Waals surface area contributed by atoms with E-state index in [2.05, 4.69) is 49.2 Å². The molecule has 120 valence electrons. The van der Waals surface area contributed by atoms with Gasteiger partial charge in [-0.3, -0.25) is 0 Å². The maximum atomic E-state index is 6.53. The van der Waals surface area contributed by atoms with Crippen LogP contribution in [0.3, 0.4) is 0 Å². The molecule has 2 nitrogen and oxygen atoms in total. The number of aromatic amines is 1. The number of aryl methyl sites for hydroxylation is 3. The summed E-state index contributed by atoms with van der Waals surface area (Å²) in [6.45, 7) is 4.98. The lowest BCUT2D eigenvalue weighted by molar-refractivity contribution is 0.748. The summed E-state index contributed by atoms with van der Waals surface area (Å²) >= 11 is 6.53. The first kappa shape index (κ1) is 16.1. The van der Waals surface area contributed by atoms with Crippen LogP contribution in [-0.4, -0.2) is 11.5 Å². The van der Waals surface area contributed by atoms with Gasteiger partial charge in [-0.1, -0.05) is 41.4 Å². The van der Waals surface area contributed by atoms with Gasteiger partial charge in [-0.25, -0.2) is 0 Å². The van der Waals surface area contributed by atoms with Crippen LogP contribution in [0.5, 0.6) is 0 Å². The molecule has 0 radical (unpaired) electrons. The second-order valence-electron chi connectivity index (χ2n) is 6.21. The van der Waals surface area contributed by atoms with Crippen LogP contribution in [0.25, 0.3) is 22.2 Å². The van der Waals surface area contributed by atoms with E-state index in [1.54, 1.807) is 0 Å². The van der Waals surface area contributed by atoms with Gasteiger partial charge < -0.3 is 10.7 Å². The van der Waals surface area contributed by atoms with Crippen molar-refractivity contribution in [2.24, 2.45) is 5.73 Å². The van der Waals surface area contributed by atoms with Gasteiger partial charge in [-0.2, -0.15) is 0 Å². The van der Waals surface area contributed by atoms with Crippen molar-refractivity contribution in [1.29, 1.82) is 0 Å². The fourth-order valence-electron chi connectivity index (χ4n) is 3.21. The van der Waals surface area contributed by atoms with E-state index in [4.69, 9.17) is 17.3 Å². The van der Waals surface area contributed by atoms with Gasteiger partial charge in [0.05, 0.1) is 10.5 Å². The topological polar surface area (TPSA) is 41.8 Å². The monoisotopic (exact) mass is 326 g/mol.